The lowest BCUT2D eigenvalue weighted by Crippen LogP contribution is -2.28. The summed E-state index contributed by atoms with van der Waals surface area (Å²) in [6, 6.07) is 19.1. The van der Waals surface area contributed by atoms with Crippen LogP contribution in [-0.4, -0.2) is 33.2 Å². The van der Waals surface area contributed by atoms with Gasteiger partial charge in [0, 0.05) is 42.3 Å². The third-order valence-electron chi connectivity index (χ3n) is 5.19. The summed E-state index contributed by atoms with van der Waals surface area (Å²) in [5.41, 5.74) is 4.37. The minimum Gasteiger partial charge on any atom is -0.338 e. The van der Waals surface area contributed by atoms with E-state index in [2.05, 4.69) is 20.6 Å². The molecule has 1 aromatic heterocycles. The molecular formula is C24H25N5O2. The number of anilines is 3. The molecule has 1 fully saturated rings. The Morgan fingerprint density at radius 2 is 1.65 bits per heavy atom. The number of carbonyl (C=O) groups is 2. The first-order valence-electron chi connectivity index (χ1n) is 10.3. The van der Waals surface area contributed by atoms with Crippen molar-refractivity contribution in [1.82, 2.24) is 14.9 Å². The van der Waals surface area contributed by atoms with Crippen LogP contribution < -0.4 is 10.6 Å². The van der Waals surface area contributed by atoms with E-state index in [9.17, 15) is 9.59 Å². The van der Waals surface area contributed by atoms with Crippen molar-refractivity contribution < 1.29 is 9.59 Å². The molecule has 31 heavy (non-hydrogen) atoms. The van der Waals surface area contributed by atoms with Crippen molar-refractivity contribution in [2.24, 2.45) is 5.92 Å². The molecule has 1 saturated heterocycles. The van der Waals surface area contributed by atoms with Gasteiger partial charge >= 0.3 is 0 Å². The molecule has 3 aromatic rings. The minimum atomic E-state index is -0.349. The standard InChI is InChI=1S/C24H25N5O2/c1-16-12-17(2)26-24(25-16)28-21-10-8-20(9-11-21)27-23(31)19-13-22(30)29(15-19)14-18-6-4-3-5-7-18/h3-12,19H,13-15H2,1-2H3,(H,27,31)(H,25,26,28). The van der Waals surface area contributed by atoms with E-state index in [0.29, 0.717) is 24.7 Å². The van der Waals surface area contributed by atoms with Gasteiger partial charge in [-0.1, -0.05) is 30.3 Å². The predicted molar refractivity (Wildman–Crippen MR) is 120 cm³/mol. The number of likely N-dealkylation sites (tertiary alicyclic amines) is 1. The summed E-state index contributed by atoms with van der Waals surface area (Å²) < 4.78 is 0. The minimum absolute atomic E-state index is 0.0111. The third kappa shape index (κ3) is 5.25. The van der Waals surface area contributed by atoms with Crippen LogP contribution in [0.4, 0.5) is 17.3 Å². The first-order chi connectivity index (χ1) is 15.0. The largest absolute Gasteiger partial charge is 0.338 e. The molecule has 2 heterocycles. The Bertz CT molecular complexity index is 1060. The second-order valence-electron chi connectivity index (χ2n) is 7.83. The second-order valence-corrected chi connectivity index (χ2v) is 7.83. The lowest BCUT2D eigenvalue weighted by atomic mass is 10.1. The fourth-order valence-corrected chi connectivity index (χ4v) is 3.70. The Morgan fingerprint density at radius 1 is 1.00 bits per heavy atom. The van der Waals surface area contributed by atoms with Gasteiger partial charge in [-0.15, -0.1) is 0 Å². The van der Waals surface area contributed by atoms with Crippen LogP contribution in [0.25, 0.3) is 0 Å². The average Bonchev–Trinajstić information content (AvgIpc) is 3.10. The zero-order valence-corrected chi connectivity index (χ0v) is 17.6. The Balaban J connectivity index is 1.34. The maximum atomic E-state index is 12.7. The summed E-state index contributed by atoms with van der Waals surface area (Å²) in [6.45, 7) is 4.81. The van der Waals surface area contributed by atoms with Crippen molar-refractivity contribution in [3.63, 3.8) is 0 Å². The van der Waals surface area contributed by atoms with Crippen molar-refractivity contribution in [2.75, 3.05) is 17.2 Å². The highest BCUT2D eigenvalue weighted by atomic mass is 16.2. The van der Waals surface area contributed by atoms with E-state index in [1.165, 1.54) is 0 Å². The van der Waals surface area contributed by atoms with E-state index in [1.807, 2.05) is 74.5 Å². The molecule has 0 saturated carbocycles. The molecule has 4 rings (SSSR count). The van der Waals surface area contributed by atoms with Gasteiger partial charge in [-0.3, -0.25) is 9.59 Å². The molecule has 158 valence electrons. The quantitative estimate of drug-likeness (QED) is 0.639. The van der Waals surface area contributed by atoms with Crippen LogP contribution in [0.1, 0.15) is 23.4 Å². The maximum absolute atomic E-state index is 12.7. The monoisotopic (exact) mass is 415 g/mol. The van der Waals surface area contributed by atoms with E-state index in [-0.39, 0.29) is 24.2 Å². The van der Waals surface area contributed by atoms with Crippen LogP contribution in [-0.2, 0) is 16.1 Å². The smallest absolute Gasteiger partial charge is 0.229 e. The van der Waals surface area contributed by atoms with E-state index in [1.54, 1.807) is 4.90 Å². The summed E-state index contributed by atoms with van der Waals surface area (Å²) in [7, 11) is 0. The molecule has 2 N–H and O–H groups in total. The van der Waals surface area contributed by atoms with Gasteiger partial charge in [0.25, 0.3) is 0 Å². The number of hydrogen-bond acceptors (Lipinski definition) is 5. The highest BCUT2D eigenvalue weighted by Gasteiger charge is 2.34. The second kappa shape index (κ2) is 8.95. The van der Waals surface area contributed by atoms with Gasteiger partial charge in [0.1, 0.15) is 0 Å². The molecule has 2 amide bonds. The summed E-state index contributed by atoms with van der Waals surface area (Å²) in [6.07, 6.45) is 0.238. The Kier molecular flexibility index (Phi) is 5.93. The number of rotatable bonds is 6. The van der Waals surface area contributed by atoms with Crippen LogP contribution >= 0.6 is 0 Å². The number of aromatic nitrogens is 2. The normalized spacial score (nSPS) is 15.7. The van der Waals surface area contributed by atoms with Crippen LogP contribution in [0.15, 0.2) is 60.7 Å². The molecule has 0 bridgehead atoms. The van der Waals surface area contributed by atoms with Gasteiger partial charge in [0.15, 0.2) is 0 Å². The van der Waals surface area contributed by atoms with Gasteiger partial charge in [-0.25, -0.2) is 9.97 Å². The van der Waals surface area contributed by atoms with Crippen LogP contribution in [0.2, 0.25) is 0 Å². The Hall–Kier alpha value is -3.74. The summed E-state index contributed by atoms with van der Waals surface area (Å²) in [5, 5.41) is 6.09. The van der Waals surface area contributed by atoms with Crippen LogP contribution in [0.3, 0.4) is 0 Å². The molecule has 7 heteroatoms. The van der Waals surface area contributed by atoms with E-state index < -0.39 is 0 Å². The van der Waals surface area contributed by atoms with E-state index >= 15 is 0 Å². The summed E-state index contributed by atoms with van der Waals surface area (Å²) >= 11 is 0. The Morgan fingerprint density at radius 3 is 2.32 bits per heavy atom. The first kappa shape index (κ1) is 20.5. The molecular weight excluding hydrogens is 390 g/mol. The molecule has 1 aliphatic heterocycles. The number of amides is 2. The molecule has 0 spiro atoms. The van der Waals surface area contributed by atoms with Crippen molar-refractivity contribution in [3.05, 3.63) is 77.6 Å². The van der Waals surface area contributed by atoms with Crippen molar-refractivity contribution in [2.45, 2.75) is 26.8 Å². The van der Waals surface area contributed by atoms with Crippen molar-refractivity contribution in [3.8, 4) is 0 Å². The molecule has 0 aliphatic carbocycles. The fourth-order valence-electron chi connectivity index (χ4n) is 3.70. The number of hydrogen-bond donors (Lipinski definition) is 2. The third-order valence-corrected chi connectivity index (χ3v) is 5.19. The van der Waals surface area contributed by atoms with Crippen molar-refractivity contribution in [1.29, 1.82) is 0 Å². The lowest BCUT2D eigenvalue weighted by molar-refractivity contribution is -0.128. The first-order valence-corrected chi connectivity index (χ1v) is 10.3. The molecule has 1 unspecified atom stereocenters. The molecule has 1 atom stereocenters. The average molecular weight is 415 g/mol. The molecule has 0 radical (unpaired) electrons. The zero-order valence-electron chi connectivity index (χ0n) is 17.6. The zero-order chi connectivity index (χ0) is 21.8. The maximum Gasteiger partial charge on any atom is 0.229 e. The molecule has 7 nitrogen and oxygen atoms in total. The van der Waals surface area contributed by atoms with E-state index in [0.717, 1.165) is 22.6 Å². The highest BCUT2D eigenvalue weighted by molar-refractivity contribution is 5.97. The fraction of sp³-hybridized carbons (Fsp3) is 0.250. The Labute approximate surface area is 181 Å². The summed E-state index contributed by atoms with van der Waals surface area (Å²) in [4.78, 5) is 35.5. The number of aryl methyl sites for hydroxylation is 2. The number of nitrogens with one attached hydrogen (secondary N) is 2. The van der Waals surface area contributed by atoms with Gasteiger partial charge in [0.05, 0.1) is 5.92 Å². The van der Waals surface area contributed by atoms with Crippen LogP contribution in [0.5, 0.6) is 0 Å². The number of benzene rings is 2. The number of carbonyl (C=O) groups excluding carboxylic acids is 2. The predicted octanol–water partition coefficient (Wildman–Crippen LogP) is 3.82. The molecule has 2 aromatic carbocycles. The van der Waals surface area contributed by atoms with Gasteiger partial charge in [-0.2, -0.15) is 0 Å². The topological polar surface area (TPSA) is 87.2 Å². The summed E-state index contributed by atoms with van der Waals surface area (Å²) in [5.74, 6) is 0.0641. The van der Waals surface area contributed by atoms with E-state index in [4.69, 9.17) is 0 Å². The molecule has 1 aliphatic rings. The van der Waals surface area contributed by atoms with Gasteiger partial charge < -0.3 is 15.5 Å². The van der Waals surface area contributed by atoms with Gasteiger partial charge in [0.2, 0.25) is 17.8 Å². The van der Waals surface area contributed by atoms with Crippen molar-refractivity contribution >= 4 is 29.1 Å². The van der Waals surface area contributed by atoms with Crippen LogP contribution in [0, 0.1) is 19.8 Å². The lowest BCUT2D eigenvalue weighted by Gasteiger charge is -2.16. The SMILES string of the molecule is Cc1cc(C)nc(Nc2ccc(NC(=O)C3CC(=O)N(Cc4ccccc4)C3)cc2)n1. The van der Waals surface area contributed by atoms with Gasteiger partial charge in [-0.05, 0) is 49.7 Å². The number of nitrogens with zero attached hydrogens (tertiary/aromatic N) is 3. The highest BCUT2D eigenvalue weighted by Crippen LogP contribution is 2.23.